The Hall–Kier alpha value is -4.69. The van der Waals surface area contributed by atoms with Crippen molar-refractivity contribution < 1.29 is 28.7 Å². The average molecular weight is 653 g/mol. The van der Waals surface area contributed by atoms with Crippen LogP contribution in [0.3, 0.4) is 0 Å². The van der Waals surface area contributed by atoms with E-state index in [-0.39, 0.29) is 53.8 Å². The second kappa shape index (κ2) is 14.2. The molecule has 6 N–H and O–H groups in total. The number of aryl methyl sites for hydroxylation is 2. The molecule has 5 rings (SSSR count). The number of aromatic hydroxyl groups is 1. The van der Waals surface area contributed by atoms with Gasteiger partial charge >= 0.3 is 0 Å². The first-order chi connectivity index (χ1) is 22.0. The molecule has 0 saturated carbocycles. The number of carbonyl (C=O) groups excluding carboxylic acids is 2. The number of halogens is 1. The average Bonchev–Trinajstić information content (AvgIpc) is 3.33. The molecule has 0 radical (unpaired) electrons. The Kier molecular flexibility index (Phi) is 10.1. The van der Waals surface area contributed by atoms with E-state index >= 15 is 0 Å². The minimum atomic E-state index is -0.529. The minimum Gasteiger partial charge on any atom is -0.506 e. The third-order valence-electron chi connectivity index (χ3n) is 8.04. The molecule has 0 bridgehead atoms. The molecule has 1 fully saturated rings. The van der Waals surface area contributed by atoms with E-state index in [1.54, 1.807) is 19.2 Å². The van der Waals surface area contributed by atoms with Crippen LogP contribution in [-0.4, -0.2) is 68.2 Å². The number of likely N-dealkylation sites (N-methyl/N-ethyl adjacent to an activating group) is 1. The summed E-state index contributed by atoms with van der Waals surface area (Å²) < 4.78 is 15.8. The van der Waals surface area contributed by atoms with Gasteiger partial charge in [-0.1, -0.05) is 11.6 Å². The van der Waals surface area contributed by atoms with Crippen molar-refractivity contribution in [1.82, 2.24) is 29.7 Å². The van der Waals surface area contributed by atoms with Gasteiger partial charge in [0.15, 0.2) is 40.1 Å². The Morgan fingerprint density at radius 2 is 1.93 bits per heavy atom. The number of rotatable bonds is 11. The fourth-order valence-corrected chi connectivity index (χ4v) is 5.66. The van der Waals surface area contributed by atoms with Crippen LogP contribution in [0.2, 0.25) is 5.15 Å². The van der Waals surface area contributed by atoms with Gasteiger partial charge in [0.25, 0.3) is 17.6 Å². The van der Waals surface area contributed by atoms with Crippen molar-refractivity contribution in [3.8, 4) is 11.5 Å². The number of benzene rings is 1. The van der Waals surface area contributed by atoms with Gasteiger partial charge in [-0.2, -0.15) is 0 Å². The maximum atomic E-state index is 13.1. The van der Waals surface area contributed by atoms with E-state index in [0.29, 0.717) is 37.1 Å². The number of nitrogens with one attached hydrogen (secondary N) is 1. The van der Waals surface area contributed by atoms with Crippen molar-refractivity contribution in [2.45, 2.75) is 52.9 Å². The van der Waals surface area contributed by atoms with Crippen molar-refractivity contribution in [3.63, 3.8) is 0 Å². The Morgan fingerprint density at radius 3 is 2.67 bits per heavy atom. The predicted molar refractivity (Wildman–Crippen MR) is 171 cm³/mol. The molecular weight excluding hydrogens is 614 g/mol. The fourth-order valence-electron chi connectivity index (χ4n) is 5.54. The largest absolute Gasteiger partial charge is 0.506 e. The van der Waals surface area contributed by atoms with Crippen molar-refractivity contribution in [2.75, 3.05) is 38.3 Å². The van der Waals surface area contributed by atoms with Gasteiger partial charge in [0.2, 0.25) is 0 Å². The molecule has 1 aromatic carbocycles. The first-order valence-corrected chi connectivity index (χ1v) is 15.4. The molecule has 0 spiro atoms. The summed E-state index contributed by atoms with van der Waals surface area (Å²) in [5, 5.41) is 12.9. The normalized spacial score (nSPS) is 13.6. The lowest BCUT2D eigenvalue weighted by Crippen LogP contribution is -2.44. The summed E-state index contributed by atoms with van der Waals surface area (Å²) in [6.45, 7) is 6.73. The number of hydrogen-bond donors (Lipinski definition) is 4. The molecule has 0 atom stereocenters. The standard InChI is InChI=1S/C31H38ClN9O5/c1-4-40-23-13-20(46-17-26(43)39(3)16-21-24(42)8-5-18(2)36-21)6-7-22(23)41(15-19-9-11-45-12-10-19)25(40)14-35-31(44)27-29(33)38-30(34)28(32)37-27/h5-8,13,19H,4,9-12,14-17H2,1-3H3,(H5-,33,34,35,38,42,44)/p+1. The fraction of sp³-hybridized carbons (Fsp3) is 0.419. The van der Waals surface area contributed by atoms with Crippen molar-refractivity contribution in [1.29, 1.82) is 0 Å². The van der Waals surface area contributed by atoms with E-state index in [1.165, 1.54) is 4.90 Å². The predicted octanol–water partition coefficient (Wildman–Crippen LogP) is 2.36. The van der Waals surface area contributed by atoms with Crippen LogP contribution >= 0.6 is 11.6 Å². The molecule has 15 heteroatoms. The Labute approximate surface area is 271 Å². The monoisotopic (exact) mass is 652 g/mol. The van der Waals surface area contributed by atoms with Crippen LogP contribution in [0.5, 0.6) is 11.5 Å². The van der Waals surface area contributed by atoms with Crippen molar-refractivity contribution >= 4 is 46.1 Å². The highest BCUT2D eigenvalue weighted by Crippen LogP contribution is 2.25. The number of anilines is 2. The number of amides is 2. The topological polar surface area (TPSA) is 188 Å². The zero-order chi connectivity index (χ0) is 33.0. The molecule has 0 unspecified atom stereocenters. The van der Waals surface area contributed by atoms with E-state index in [2.05, 4.69) is 29.4 Å². The maximum Gasteiger partial charge on any atom is 0.277 e. The molecule has 2 amide bonds. The summed E-state index contributed by atoms with van der Waals surface area (Å²) >= 11 is 6.01. The number of aromatic nitrogens is 5. The summed E-state index contributed by atoms with van der Waals surface area (Å²) in [6.07, 6.45) is 1.86. The van der Waals surface area contributed by atoms with Crippen LogP contribution in [0.1, 0.15) is 47.5 Å². The number of imidazole rings is 1. The van der Waals surface area contributed by atoms with Gasteiger partial charge in [0, 0.05) is 37.9 Å². The van der Waals surface area contributed by atoms with Crippen LogP contribution in [0.15, 0.2) is 30.3 Å². The van der Waals surface area contributed by atoms with Gasteiger partial charge < -0.3 is 36.3 Å². The first-order valence-electron chi connectivity index (χ1n) is 15.1. The lowest BCUT2D eigenvalue weighted by Gasteiger charge is -2.21. The highest BCUT2D eigenvalue weighted by Gasteiger charge is 2.29. The van der Waals surface area contributed by atoms with Gasteiger partial charge in [0.1, 0.15) is 23.7 Å². The molecule has 4 heterocycles. The Bertz CT molecular complexity index is 1760. The molecule has 1 aliphatic heterocycles. The van der Waals surface area contributed by atoms with Gasteiger partial charge in [-0.05, 0) is 51.0 Å². The number of nitrogens with two attached hydrogens (primary N) is 2. The molecule has 1 aliphatic rings. The molecule has 3 aromatic heterocycles. The molecule has 244 valence electrons. The van der Waals surface area contributed by atoms with E-state index < -0.39 is 5.91 Å². The van der Waals surface area contributed by atoms with Crippen molar-refractivity contribution in [3.05, 3.63) is 58.4 Å². The molecule has 4 aromatic rings. The van der Waals surface area contributed by atoms with Crippen LogP contribution in [0.25, 0.3) is 11.0 Å². The third kappa shape index (κ3) is 7.23. The lowest BCUT2D eigenvalue weighted by atomic mass is 10.0. The second-order valence-electron chi connectivity index (χ2n) is 11.3. The zero-order valence-corrected chi connectivity index (χ0v) is 26.9. The van der Waals surface area contributed by atoms with Crippen LogP contribution in [-0.2, 0) is 35.7 Å². The maximum absolute atomic E-state index is 13.1. The number of ether oxygens (including phenoxy) is 2. The highest BCUT2D eigenvalue weighted by molar-refractivity contribution is 6.31. The number of hydrogen-bond acceptors (Lipinski definition) is 10. The van der Waals surface area contributed by atoms with Gasteiger partial charge in [-0.3, -0.25) is 14.6 Å². The Balaban J connectivity index is 1.38. The summed E-state index contributed by atoms with van der Waals surface area (Å²) in [6, 6.07) is 8.97. The molecule has 1 saturated heterocycles. The first kappa shape index (κ1) is 32.7. The molecular formula is C31H39ClN9O5+. The second-order valence-corrected chi connectivity index (χ2v) is 11.6. The number of pyridine rings is 1. The summed E-state index contributed by atoms with van der Waals surface area (Å²) in [7, 11) is 1.64. The lowest BCUT2D eigenvalue weighted by molar-refractivity contribution is -0.687. The number of carbonyl (C=O) groups is 2. The van der Waals surface area contributed by atoms with Gasteiger partial charge in [0.05, 0.1) is 19.6 Å². The highest BCUT2D eigenvalue weighted by atomic mass is 35.5. The van der Waals surface area contributed by atoms with Crippen molar-refractivity contribution in [2.24, 2.45) is 5.92 Å². The summed E-state index contributed by atoms with van der Waals surface area (Å²) in [5.74, 6) is 0.856. The minimum absolute atomic E-state index is 0.0339. The molecule has 46 heavy (non-hydrogen) atoms. The summed E-state index contributed by atoms with van der Waals surface area (Å²) in [4.78, 5) is 39.8. The van der Waals surface area contributed by atoms with Gasteiger partial charge in [-0.25, -0.2) is 19.1 Å². The SMILES string of the molecule is CCn1c(CNC(=O)c2nc(Cl)c(N)nc2N)[n+](CC2CCOCC2)c2ccc(OCC(=O)N(C)Cc3nc(C)ccc3O)cc21. The zero-order valence-electron chi connectivity index (χ0n) is 26.1. The van der Waals surface area contributed by atoms with E-state index in [1.807, 2.05) is 32.0 Å². The Morgan fingerprint density at radius 1 is 1.17 bits per heavy atom. The number of nitrogen functional groups attached to an aromatic ring is 2. The quantitative estimate of drug-likeness (QED) is 0.175. The van der Waals surface area contributed by atoms with E-state index in [0.717, 1.165) is 41.9 Å². The number of nitrogens with zero attached hydrogens (tertiary/aromatic N) is 6. The van der Waals surface area contributed by atoms with Crippen LogP contribution < -0.4 is 26.1 Å². The summed E-state index contributed by atoms with van der Waals surface area (Å²) in [5.41, 5.74) is 14.5. The van der Waals surface area contributed by atoms with Crippen LogP contribution in [0.4, 0.5) is 11.6 Å². The third-order valence-corrected chi connectivity index (χ3v) is 8.32. The smallest absolute Gasteiger partial charge is 0.277 e. The number of fused-ring (bicyclic) bond motifs is 1. The van der Waals surface area contributed by atoms with E-state index in [4.69, 9.17) is 32.5 Å². The molecule has 0 aliphatic carbocycles. The van der Waals surface area contributed by atoms with Crippen LogP contribution in [0, 0.1) is 12.8 Å². The van der Waals surface area contributed by atoms with E-state index in [9.17, 15) is 14.7 Å². The molecule has 14 nitrogen and oxygen atoms in total. The van der Waals surface area contributed by atoms with Gasteiger partial charge in [-0.15, -0.1) is 0 Å².